The van der Waals surface area contributed by atoms with E-state index in [1.807, 2.05) is 0 Å². The zero-order valence-electron chi connectivity index (χ0n) is 39.0. The largest absolute Gasteiger partial charge is 0.245 e. The number of hydrogen-bond donors (Lipinski definition) is 0. The Morgan fingerprint density at radius 3 is 0.847 bits per heavy atom. The van der Waals surface area contributed by atoms with Crippen molar-refractivity contribution in [3.05, 3.63) is 255 Å². The molecule has 4 heteroatoms. The molecule has 0 atom stereocenters. The van der Waals surface area contributed by atoms with Gasteiger partial charge in [-0.3, -0.25) is 0 Å². The van der Waals surface area contributed by atoms with Crippen LogP contribution in [0.25, 0.3) is 144 Å². The molecule has 0 N–H and O–H groups in total. The lowest BCUT2D eigenvalue weighted by Gasteiger charge is -2.15. The third-order valence-corrected chi connectivity index (χ3v) is 14.3. The van der Waals surface area contributed by atoms with E-state index in [4.69, 9.17) is 19.9 Å². The first-order valence-corrected chi connectivity index (χ1v) is 24.4. The number of fused-ring (bicyclic) bond motifs is 8. The maximum atomic E-state index is 5.29. The number of benzene rings is 10. The van der Waals surface area contributed by atoms with Crippen molar-refractivity contribution in [2.24, 2.45) is 0 Å². The highest BCUT2D eigenvalue weighted by atomic mass is 14.8. The molecule has 14 aromatic rings. The van der Waals surface area contributed by atoms with E-state index in [0.29, 0.717) is 0 Å². The SMILES string of the molecule is c1ccc(-c2ccccc2-c2ccc(-c3ccc4ccc5ccc(-c6cccc7ccccc67)nc5c4n3)cc2)c(-c2ccc(-c3ccc4ccc5ccc(-c6cccc7ccccc67)nc5c4n3)cc2)c1. The van der Waals surface area contributed by atoms with E-state index in [1.165, 1.54) is 43.8 Å². The Morgan fingerprint density at radius 2 is 0.444 bits per heavy atom. The molecule has 0 fully saturated rings. The molecule has 4 aromatic heterocycles. The first-order chi connectivity index (χ1) is 35.7. The van der Waals surface area contributed by atoms with Gasteiger partial charge in [-0.05, 0) is 79.2 Å². The molecular weight excluding hydrogens is 873 g/mol. The van der Waals surface area contributed by atoms with Crippen molar-refractivity contribution in [2.45, 2.75) is 0 Å². The summed E-state index contributed by atoms with van der Waals surface area (Å²) in [6.07, 6.45) is 0. The molecule has 14 rings (SSSR count). The lowest BCUT2D eigenvalue weighted by Crippen LogP contribution is -1.92. The summed E-state index contributed by atoms with van der Waals surface area (Å²) in [6.45, 7) is 0. The van der Waals surface area contributed by atoms with E-state index in [1.54, 1.807) is 0 Å². The third-order valence-electron chi connectivity index (χ3n) is 14.3. The second-order valence-corrected chi connectivity index (χ2v) is 18.5. The van der Waals surface area contributed by atoms with Crippen LogP contribution in [0.1, 0.15) is 0 Å². The van der Waals surface area contributed by atoms with Crippen LogP contribution in [0.3, 0.4) is 0 Å². The van der Waals surface area contributed by atoms with Gasteiger partial charge < -0.3 is 0 Å². The van der Waals surface area contributed by atoms with Crippen molar-refractivity contribution in [3.63, 3.8) is 0 Å². The molecule has 72 heavy (non-hydrogen) atoms. The maximum absolute atomic E-state index is 5.29. The van der Waals surface area contributed by atoms with Crippen LogP contribution in [0.15, 0.2) is 255 Å². The third kappa shape index (κ3) is 7.16. The molecule has 0 aliphatic heterocycles. The van der Waals surface area contributed by atoms with Gasteiger partial charge in [0.2, 0.25) is 0 Å². The fraction of sp³-hybridized carbons (Fsp3) is 0. The molecule has 0 spiro atoms. The number of aromatic nitrogens is 4. The van der Waals surface area contributed by atoms with Crippen LogP contribution in [0.2, 0.25) is 0 Å². The molecule has 0 saturated heterocycles. The summed E-state index contributed by atoms with van der Waals surface area (Å²) in [7, 11) is 0. The van der Waals surface area contributed by atoms with Crippen molar-refractivity contribution in [1.29, 1.82) is 0 Å². The van der Waals surface area contributed by atoms with Crippen LogP contribution >= 0.6 is 0 Å². The first-order valence-electron chi connectivity index (χ1n) is 24.4. The highest BCUT2D eigenvalue weighted by Gasteiger charge is 2.16. The number of hydrogen-bond acceptors (Lipinski definition) is 4. The van der Waals surface area contributed by atoms with E-state index in [-0.39, 0.29) is 0 Å². The van der Waals surface area contributed by atoms with Crippen molar-refractivity contribution in [1.82, 2.24) is 19.9 Å². The highest BCUT2D eigenvalue weighted by molar-refractivity contribution is 6.07. The van der Waals surface area contributed by atoms with Crippen LogP contribution in [-0.2, 0) is 0 Å². The predicted octanol–water partition coefficient (Wildman–Crippen LogP) is 17.9. The molecule has 4 nitrogen and oxygen atoms in total. The molecule has 10 aromatic carbocycles. The molecule has 0 saturated carbocycles. The summed E-state index contributed by atoms with van der Waals surface area (Å²) in [5, 5.41) is 9.05. The second kappa shape index (κ2) is 17.1. The van der Waals surface area contributed by atoms with Gasteiger partial charge in [0.25, 0.3) is 0 Å². The van der Waals surface area contributed by atoms with Gasteiger partial charge in [0.05, 0.1) is 44.8 Å². The minimum absolute atomic E-state index is 0.900. The average Bonchev–Trinajstić information content (AvgIpc) is 3.46. The van der Waals surface area contributed by atoms with Crippen LogP contribution in [0.5, 0.6) is 0 Å². The van der Waals surface area contributed by atoms with Gasteiger partial charge in [-0.1, -0.05) is 231 Å². The Morgan fingerprint density at radius 1 is 0.167 bits per heavy atom. The summed E-state index contributed by atoms with van der Waals surface area (Å²) in [4.78, 5) is 21.1. The minimum atomic E-state index is 0.900. The summed E-state index contributed by atoms with van der Waals surface area (Å²) in [5.74, 6) is 0. The molecular formula is C68H42N4. The Kier molecular flexibility index (Phi) is 9.82. The topological polar surface area (TPSA) is 51.6 Å². The summed E-state index contributed by atoms with van der Waals surface area (Å²) in [5.41, 5.74) is 18.6. The fourth-order valence-electron chi connectivity index (χ4n) is 10.6. The zero-order valence-corrected chi connectivity index (χ0v) is 39.0. The van der Waals surface area contributed by atoms with Gasteiger partial charge >= 0.3 is 0 Å². The Hall–Kier alpha value is -9.64. The molecule has 0 bridgehead atoms. The maximum Gasteiger partial charge on any atom is 0.0972 e. The summed E-state index contributed by atoms with van der Waals surface area (Å²) >= 11 is 0. The lowest BCUT2D eigenvalue weighted by molar-refractivity contribution is 1.37. The van der Waals surface area contributed by atoms with Crippen molar-refractivity contribution < 1.29 is 0 Å². The monoisotopic (exact) mass is 914 g/mol. The quantitative estimate of drug-likeness (QED) is 0.150. The number of rotatable bonds is 7. The second-order valence-electron chi connectivity index (χ2n) is 18.5. The summed E-state index contributed by atoms with van der Waals surface area (Å²) < 4.78 is 0. The molecule has 4 heterocycles. The predicted molar refractivity (Wildman–Crippen MR) is 301 cm³/mol. The van der Waals surface area contributed by atoms with E-state index in [9.17, 15) is 0 Å². The summed E-state index contributed by atoms with van der Waals surface area (Å²) in [6, 6.07) is 90.6. The van der Waals surface area contributed by atoms with Gasteiger partial charge in [0.15, 0.2) is 0 Å². The van der Waals surface area contributed by atoms with Crippen molar-refractivity contribution in [2.75, 3.05) is 0 Å². The number of nitrogens with zero attached hydrogens (tertiary/aromatic N) is 4. The normalized spacial score (nSPS) is 11.6. The van der Waals surface area contributed by atoms with Crippen molar-refractivity contribution in [3.8, 4) is 78.4 Å². The fourth-order valence-corrected chi connectivity index (χ4v) is 10.6. The minimum Gasteiger partial charge on any atom is -0.245 e. The Labute approximate surface area is 416 Å². The van der Waals surface area contributed by atoms with Crippen LogP contribution < -0.4 is 0 Å². The molecule has 0 aliphatic rings. The van der Waals surface area contributed by atoms with Crippen LogP contribution in [0, 0.1) is 0 Å². The molecule has 0 aliphatic carbocycles. The lowest BCUT2D eigenvalue weighted by atomic mass is 9.89. The molecule has 0 unspecified atom stereocenters. The van der Waals surface area contributed by atoms with E-state index in [0.717, 1.165) is 99.8 Å². The highest BCUT2D eigenvalue weighted by Crippen LogP contribution is 2.40. The Balaban J connectivity index is 0.773. The van der Waals surface area contributed by atoms with Crippen molar-refractivity contribution >= 4 is 65.2 Å². The number of pyridine rings is 4. The van der Waals surface area contributed by atoms with Gasteiger partial charge in [-0.15, -0.1) is 0 Å². The molecule has 334 valence electrons. The smallest absolute Gasteiger partial charge is 0.0972 e. The van der Waals surface area contributed by atoms with E-state index < -0.39 is 0 Å². The van der Waals surface area contributed by atoms with Crippen LogP contribution in [0.4, 0.5) is 0 Å². The molecule has 0 radical (unpaired) electrons. The van der Waals surface area contributed by atoms with Gasteiger partial charge in [0.1, 0.15) is 0 Å². The van der Waals surface area contributed by atoms with Crippen LogP contribution in [-0.4, -0.2) is 19.9 Å². The zero-order chi connectivity index (χ0) is 47.5. The molecule has 0 amide bonds. The average molecular weight is 915 g/mol. The van der Waals surface area contributed by atoms with Gasteiger partial charge in [-0.25, -0.2) is 19.9 Å². The standard InChI is InChI=1S/C68H42N4/c1-3-17-55-43(11-1)13-9-21-59(55)63-41-37-51-33-31-49-35-39-61(69-65(49)67(51)71-63)47-27-23-45(24-28-47)53-15-5-7-19-57(53)58-20-8-6-16-54(58)46-25-29-48(30-26-46)62-40-36-50-32-34-52-38-42-64(72-68(52)66(50)70-62)60-22-10-14-44-12-2-4-18-56(44)60/h1-42H. The van der Waals surface area contributed by atoms with Gasteiger partial charge in [0, 0.05) is 43.8 Å². The van der Waals surface area contributed by atoms with E-state index in [2.05, 4.69) is 255 Å². The Bertz CT molecular complexity index is 4150. The van der Waals surface area contributed by atoms with E-state index >= 15 is 0 Å². The van der Waals surface area contributed by atoms with Gasteiger partial charge in [-0.2, -0.15) is 0 Å². The first kappa shape index (κ1) is 41.3.